The van der Waals surface area contributed by atoms with Crippen LogP contribution in [0.1, 0.15) is 44.2 Å². The molecule has 0 amide bonds. The van der Waals surface area contributed by atoms with Crippen molar-refractivity contribution >= 4 is 31.1 Å². The van der Waals surface area contributed by atoms with Gasteiger partial charge in [-0.1, -0.05) is 28.1 Å². The van der Waals surface area contributed by atoms with Crippen LogP contribution in [0.2, 0.25) is 0 Å². The van der Waals surface area contributed by atoms with Crippen molar-refractivity contribution in [3.63, 3.8) is 0 Å². The average molecular weight is 457 g/mol. The molecule has 0 aliphatic rings. The molecule has 0 saturated heterocycles. The van der Waals surface area contributed by atoms with E-state index in [1.54, 1.807) is 33.8 Å². The van der Waals surface area contributed by atoms with E-state index in [0.717, 1.165) is 5.56 Å². The van der Waals surface area contributed by atoms with Crippen LogP contribution in [0, 0.1) is 6.92 Å². The normalized spacial score (nSPS) is 12.8. The predicted molar refractivity (Wildman–Crippen MR) is 103 cm³/mol. The molecule has 6 nitrogen and oxygen atoms in total. The number of hydrogen-bond donors (Lipinski definition) is 0. The van der Waals surface area contributed by atoms with Gasteiger partial charge in [-0.2, -0.15) is 0 Å². The van der Waals surface area contributed by atoms with Gasteiger partial charge < -0.3 is 18.1 Å². The summed E-state index contributed by atoms with van der Waals surface area (Å²) in [4.78, 5) is 0. The number of aryl methyl sites for hydroxylation is 1. The average Bonchev–Trinajstić information content (AvgIpc) is 2.50. The third-order valence-corrected chi connectivity index (χ3v) is 9.88. The topological polar surface area (TPSA) is 71.1 Å². The standard InChI is InChI=1S/C16H27BrO6P2/c1-6-20-24(18,21-7-2)16(25(19,22-8-3)23-9-4)14-11-10-13(5)12-15(14)17/h10-12,16H,6-9H2,1-5H3. The van der Waals surface area contributed by atoms with Crippen LogP contribution >= 0.6 is 31.1 Å². The number of halogens is 1. The first-order valence-corrected chi connectivity index (χ1v) is 12.3. The Hall–Kier alpha value is -0.0000000000000000416. The molecule has 0 saturated carbocycles. The van der Waals surface area contributed by atoms with Gasteiger partial charge in [0.05, 0.1) is 26.4 Å². The predicted octanol–water partition coefficient (Wildman–Crippen LogP) is 6.29. The maximum atomic E-state index is 13.5. The summed E-state index contributed by atoms with van der Waals surface area (Å²) in [5.74, 6) is 0. The number of rotatable bonds is 11. The van der Waals surface area contributed by atoms with Gasteiger partial charge >= 0.3 is 15.2 Å². The van der Waals surface area contributed by atoms with Crippen molar-refractivity contribution < 1.29 is 27.2 Å². The molecule has 25 heavy (non-hydrogen) atoms. The molecule has 0 aliphatic carbocycles. The first-order chi connectivity index (χ1) is 11.8. The van der Waals surface area contributed by atoms with Crippen molar-refractivity contribution in [3.05, 3.63) is 33.8 Å². The third-order valence-electron chi connectivity index (χ3n) is 3.27. The zero-order chi connectivity index (χ0) is 19.1. The Kier molecular flexibility index (Phi) is 9.55. The van der Waals surface area contributed by atoms with Crippen molar-refractivity contribution in [2.45, 2.75) is 40.0 Å². The lowest BCUT2D eigenvalue weighted by Gasteiger charge is -2.32. The number of benzene rings is 1. The molecule has 0 atom stereocenters. The van der Waals surface area contributed by atoms with Crippen LogP contribution in [-0.2, 0) is 27.2 Å². The van der Waals surface area contributed by atoms with Gasteiger partial charge in [0.1, 0.15) is 0 Å². The lowest BCUT2D eigenvalue weighted by atomic mass is 10.2. The van der Waals surface area contributed by atoms with Crippen molar-refractivity contribution in [1.29, 1.82) is 0 Å². The van der Waals surface area contributed by atoms with E-state index in [2.05, 4.69) is 15.9 Å². The Bertz CT molecular complexity index is 602. The number of hydrogen-bond acceptors (Lipinski definition) is 6. The maximum Gasteiger partial charge on any atom is 0.350 e. The summed E-state index contributed by atoms with van der Waals surface area (Å²) in [7, 11) is -7.64. The highest BCUT2D eigenvalue weighted by Crippen LogP contribution is 2.79. The molecule has 1 aromatic rings. The zero-order valence-electron chi connectivity index (χ0n) is 15.4. The molecule has 0 unspecified atom stereocenters. The minimum Gasteiger partial charge on any atom is -0.308 e. The quantitative estimate of drug-likeness (QED) is 0.364. The van der Waals surface area contributed by atoms with Crippen LogP contribution < -0.4 is 0 Å². The van der Waals surface area contributed by atoms with Crippen molar-refractivity contribution in [1.82, 2.24) is 0 Å². The summed E-state index contributed by atoms with van der Waals surface area (Å²) < 4.78 is 49.7. The summed E-state index contributed by atoms with van der Waals surface area (Å²) in [5.41, 5.74) is 1.51. The summed E-state index contributed by atoms with van der Waals surface area (Å²) in [5, 5.41) is -1.17. The minimum atomic E-state index is -3.82. The highest BCUT2D eigenvalue weighted by molar-refractivity contribution is 9.10. The molecular weight excluding hydrogens is 430 g/mol. The maximum absolute atomic E-state index is 13.5. The Morgan fingerprint density at radius 1 is 0.880 bits per heavy atom. The van der Waals surface area contributed by atoms with E-state index in [-0.39, 0.29) is 26.4 Å². The molecule has 0 aromatic heterocycles. The largest absolute Gasteiger partial charge is 0.350 e. The van der Waals surface area contributed by atoms with Crippen molar-refractivity contribution in [2.75, 3.05) is 26.4 Å². The van der Waals surface area contributed by atoms with Gasteiger partial charge in [0.2, 0.25) is 0 Å². The second-order valence-corrected chi connectivity index (χ2v) is 10.6. The molecule has 144 valence electrons. The molecule has 9 heteroatoms. The van der Waals surface area contributed by atoms with Gasteiger partial charge in [0.25, 0.3) is 0 Å². The monoisotopic (exact) mass is 456 g/mol. The fourth-order valence-electron chi connectivity index (χ4n) is 2.43. The Balaban J connectivity index is 3.64. The van der Waals surface area contributed by atoms with Crippen LogP contribution in [0.15, 0.2) is 22.7 Å². The van der Waals surface area contributed by atoms with E-state index < -0.39 is 20.6 Å². The molecule has 0 fully saturated rings. The van der Waals surface area contributed by atoms with Crippen LogP contribution in [0.5, 0.6) is 0 Å². The molecule has 0 heterocycles. The molecular formula is C16H27BrO6P2. The van der Waals surface area contributed by atoms with Crippen LogP contribution in [0.3, 0.4) is 0 Å². The molecule has 1 rings (SSSR count). The van der Waals surface area contributed by atoms with Crippen LogP contribution in [-0.4, -0.2) is 26.4 Å². The van der Waals surface area contributed by atoms with Crippen molar-refractivity contribution in [3.8, 4) is 0 Å². The second kappa shape index (κ2) is 10.4. The van der Waals surface area contributed by atoms with E-state index in [0.29, 0.717) is 10.0 Å². The minimum absolute atomic E-state index is 0.148. The van der Waals surface area contributed by atoms with Gasteiger partial charge in [0, 0.05) is 4.47 Å². The van der Waals surface area contributed by atoms with Crippen molar-refractivity contribution in [2.24, 2.45) is 0 Å². The van der Waals surface area contributed by atoms with E-state index in [1.165, 1.54) is 0 Å². The Morgan fingerprint density at radius 3 is 1.60 bits per heavy atom. The van der Waals surface area contributed by atoms with Gasteiger partial charge in [-0.25, -0.2) is 0 Å². The lowest BCUT2D eigenvalue weighted by Crippen LogP contribution is -2.12. The molecule has 0 aliphatic heterocycles. The highest BCUT2D eigenvalue weighted by atomic mass is 79.9. The first kappa shape index (κ1) is 23.0. The summed E-state index contributed by atoms with van der Waals surface area (Å²) in [6.45, 7) is 9.35. The first-order valence-electron chi connectivity index (χ1n) is 8.31. The fraction of sp³-hybridized carbons (Fsp3) is 0.625. The van der Waals surface area contributed by atoms with Gasteiger partial charge in [-0.05, 0) is 51.8 Å². The summed E-state index contributed by atoms with van der Waals surface area (Å²) >= 11 is 3.47. The molecule has 0 bridgehead atoms. The second-order valence-electron chi connectivity index (χ2n) is 5.15. The van der Waals surface area contributed by atoms with Gasteiger partial charge in [0.15, 0.2) is 5.40 Å². The summed E-state index contributed by atoms with van der Waals surface area (Å²) in [6.07, 6.45) is 0. The molecule has 1 aromatic carbocycles. The van der Waals surface area contributed by atoms with Crippen LogP contribution in [0.25, 0.3) is 0 Å². The van der Waals surface area contributed by atoms with Crippen LogP contribution in [0.4, 0.5) is 0 Å². The smallest absolute Gasteiger partial charge is 0.308 e. The molecule has 0 radical (unpaired) electrons. The fourth-order valence-corrected chi connectivity index (χ4v) is 8.98. The van der Waals surface area contributed by atoms with Gasteiger partial charge in [-0.15, -0.1) is 0 Å². The van der Waals surface area contributed by atoms with E-state index >= 15 is 0 Å². The third kappa shape index (κ3) is 5.74. The Labute approximate surface area is 158 Å². The highest BCUT2D eigenvalue weighted by Gasteiger charge is 2.52. The summed E-state index contributed by atoms with van der Waals surface area (Å²) in [6, 6.07) is 5.45. The van der Waals surface area contributed by atoms with E-state index in [1.807, 2.05) is 19.1 Å². The van der Waals surface area contributed by atoms with Gasteiger partial charge in [-0.3, -0.25) is 9.13 Å². The molecule has 0 N–H and O–H groups in total. The lowest BCUT2D eigenvalue weighted by molar-refractivity contribution is 0.195. The Morgan fingerprint density at radius 2 is 1.28 bits per heavy atom. The zero-order valence-corrected chi connectivity index (χ0v) is 18.7. The van der Waals surface area contributed by atoms with E-state index in [9.17, 15) is 9.13 Å². The van der Waals surface area contributed by atoms with E-state index in [4.69, 9.17) is 18.1 Å². The molecule has 0 spiro atoms. The SMILES string of the molecule is CCOP(=O)(OCC)C(c1ccc(C)cc1Br)P(=O)(OCC)OCC.